The summed E-state index contributed by atoms with van der Waals surface area (Å²) < 4.78 is 0. The lowest BCUT2D eigenvalue weighted by Gasteiger charge is -2.34. The first-order valence-corrected chi connectivity index (χ1v) is 8.01. The quantitative estimate of drug-likeness (QED) is 0.815. The normalized spacial score (nSPS) is 11.8. The standard InChI is InChI=1S/C19H28N2/c1-5-20-14-19(3,4)15-21(6-2)18-13-9-11-16-10-7-8-12-17(16)18/h7-13,20H,5-6,14-15H2,1-4H3. The van der Waals surface area contributed by atoms with Crippen LogP contribution in [0.15, 0.2) is 42.5 Å². The molecule has 2 aromatic carbocycles. The molecule has 0 bridgehead atoms. The summed E-state index contributed by atoms with van der Waals surface area (Å²) in [7, 11) is 0. The minimum absolute atomic E-state index is 0.253. The first kappa shape index (κ1) is 15.8. The molecule has 2 heteroatoms. The van der Waals surface area contributed by atoms with Crippen LogP contribution in [0.3, 0.4) is 0 Å². The summed E-state index contributed by atoms with van der Waals surface area (Å²) in [5, 5.41) is 6.15. The molecular formula is C19H28N2. The molecule has 21 heavy (non-hydrogen) atoms. The van der Waals surface area contributed by atoms with Crippen molar-refractivity contribution in [2.24, 2.45) is 5.41 Å². The molecule has 0 heterocycles. The Labute approximate surface area is 129 Å². The zero-order valence-electron chi connectivity index (χ0n) is 13.8. The summed E-state index contributed by atoms with van der Waals surface area (Å²) in [5.41, 5.74) is 1.60. The molecule has 0 atom stereocenters. The molecule has 0 amide bonds. The Bertz CT molecular complexity index is 569. The van der Waals surface area contributed by atoms with Crippen molar-refractivity contribution in [1.82, 2.24) is 5.32 Å². The first-order valence-electron chi connectivity index (χ1n) is 8.01. The van der Waals surface area contributed by atoms with Gasteiger partial charge in [0.1, 0.15) is 0 Å². The number of hydrogen-bond donors (Lipinski definition) is 1. The maximum absolute atomic E-state index is 3.48. The van der Waals surface area contributed by atoms with E-state index in [-0.39, 0.29) is 5.41 Å². The summed E-state index contributed by atoms with van der Waals surface area (Å²) in [6.07, 6.45) is 0. The van der Waals surface area contributed by atoms with Gasteiger partial charge in [0.2, 0.25) is 0 Å². The Morgan fingerprint density at radius 2 is 1.71 bits per heavy atom. The van der Waals surface area contributed by atoms with E-state index in [1.807, 2.05) is 0 Å². The highest BCUT2D eigenvalue weighted by Crippen LogP contribution is 2.29. The van der Waals surface area contributed by atoms with Gasteiger partial charge >= 0.3 is 0 Å². The molecular weight excluding hydrogens is 256 g/mol. The van der Waals surface area contributed by atoms with Crippen molar-refractivity contribution < 1.29 is 0 Å². The zero-order valence-corrected chi connectivity index (χ0v) is 13.8. The third-order valence-electron chi connectivity index (χ3n) is 3.96. The topological polar surface area (TPSA) is 15.3 Å². The van der Waals surface area contributed by atoms with Crippen molar-refractivity contribution in [2.45, 2.75) is 27.7 Å². The summed E-state index contributed by atoms with van der Waals surface area (Å²) in [6.45, 7) is 13.2. The summed E-state index contributed by atoms with van der Waals surface area (Å²) in [4.78, 5) is 2.50. The van der Waals surface area contributed by atoms with Crippen LogP contribution < -0.4 is 10.2 Å². The van der Waals surface area contributed by atoms with Crippen LogP contribution in [0.25, 0.3) is 10.8 Å². The first-order chi connectivity index (χ1) is 10.1. The molecule has 0 aliphatic heterocycles. The lowest BCUT2D eigenvalue weighted by molar-refractivity contribution is 0.346. The molecule has 1 N–H and O–H groups in total. The van der Waals surface area contributed by atoms with Crippen LogP contribution in [0.1, 0.15) is 27.7 Å². The number of rotatable bonds is 7. The highest BCUT2D eigenvalue weighted by Gasteiger charge is 2.21. The highest BCUT2D eigenvalue weighted by molar-refractivity contribution is 5.94. The van der Waals surface area contributed by atoms with Gasteiger partial charge in [-0.05, 0) is 30.3 Å². The van der Waals surface area contributed by atoms with E-state index < -0.39 is 0 Å². The fraction of sp³-hybridized carbons (Fsp3) is 0.474. The predicted octanol–water partition coefficient (Wildman–Crippen LogP) is 4.30. The number of anilines is 1. The van der Waals surface area contributed by atoms with Crippen LogP contribution >= 0.6 is 0 Å². The van der Waals surface area contributed by atoms with Gasteiger partial charge in [-0.15, -0.1) is 0 Å². The van der Waals surface area contributed by atoms with E-state index in [0.29, 0.717) is 0 Å². The molecule has 0 aromatic heterocycles. The van der Waals surface area contributed by atoms with E-state index in [4.69, 9.17) is 0 Å². The molecule has 0 spiro atoms. The van der Waals surface area contributed by atoms with Gasteiger partial charge in [0, 0.05) is 30.7 Å². The summed E-state index contributed by atoms with van der Waals surface area (Å²) in [6, 6.07) is 15.3. The monoisotopic (exact) mass is 284 g/mol. The molecule has 2 nitrogen and oxygen atoms in total. The molecule has 2 rings (SSSR count). The number of benzene rings is 2. The molecule has 2 aromatic rings. The average molecular weight is 284 g/mol. The summed E-state index contributed by atoms with van der Waals surface area (Å²) in [5.74, 6) is 0. The summed E-state index contributed by atoms with van der Waals surface area (Å²) >= 11 is 0. The van der Waals surface area contributed by atoms with E-state index in [2.05, 4.69) is 80.4 Å². The van der Waals surface area contributed by atoms with Gasteiger partial charge in [-0.3, -0.25) is 0 Å². The van der Waals surface area contributed by atoms with E-state index in [1.165, 1.54) is 16.5 Å². The van der Waals surface area contributed by atoms with Gasteiger partial charge < -0.3 is 10.2 Å². The van der Waals surface area contributed by atoms with Crippen molar-refractivity contribution in [3.8, 4) is 0 Å². The largest absolute Gasteiger partial charge is 0.371 e. The van der Waals surface area contributed by atoms with Crippen LogP contribution in [0.2, 0.25) is 0 Å². The molecule has 0 saturated carbocycles. The van der Waals surface area contributed by atoms with Gasteiger partial charge in [0.25, 0.3) is 0 Å². The maximum Gasteiger partial charge on any atom is 0.0445 e. The molecule has 0 aliphatic carbocycles. The van der Waals surface area contributed by atoms with Crippen LogP contribution in [0, 0.1) is 5.41 Å². The van der Waals surface area contributed by atoms with Crippen LogP contribution in [-0.4, -0.2) is 26.2 Å². The Balaban J connectivity index is 2.27. The molecule has 0 aliphatic rings. The second-order valence-corrected chi connectivity index (χ2v) is 6.46. The molecule has 0 radical (unpaired) electrons. The molecule has 0 fully saturated rings. The molecule has 0 unspecified atom stereocenters. The lowest BCUT2D eigenvalue weighted by Crippen LogP contribution is -2.40. The van der Waals surface area contributed by atoms with Crippen molar-refractivity contribution in [3.05, 3.63) is 42.5 Å². The van der Waals surface area contributed by atoms with Gasteiger partial charge in [-0.1, -0.05) is 57.2 Å². The fourth-order valence-electron chi connectivity index (χ4n) is 2.89. The predicted molar refractivity (Wildman–Crippen MR) is 94.2 cm³/mol. The number of hydrogen-bond acceptors (Lipinski definition) is 2. The van der Waals surface area contributed by atoms with E-state index in [9.17, 15) is 0 Å². The van der Waals surface area contributed by atoms with Crippen LogP contribution in [0.5, 0.6) is 0 Å². The minimum Gasteiger partial charge on any atom is -0.371 e. The average Bonchev–Trinajstić information content (AvgIpc) is 2.50. The van der Waals surface area contributed by atoms with Crippen molar-refractivity contribution in [2.75, 3.05) is 31.1 Å². The second kappa shape index (κ2) is 6.95. The van der Waals surface area contributed by atoms with Crippen molar-refractivity contribution >= 4 is 16.5 Å². The van der Waals surface area contributed by atoms with Crippen LogP contribution in [-0.2, 0) is 0 Å². The third kappa shape index (κ3) is 3.98. The maximum atomic E-state index is 3.48. The Morgan fingerprint density at radius 3 is 2.43 bits per heavy atom. The van der Waals surface area contributed by atoms with Gasteiger partial charge in [0.15, 0.2) is 0 Å². The van der Waals surface area contributed by atoms with E-state index >= 15 is 0 Å². The highest BCUT2D eigenvalue weighted by atomic mass is 15.1. The Kier molecular flexibility index (Phi) is 5.24. The molecule has 114 valence electrons. The number of nitrogens with one attached hydrogen (secondary N) is 1. The SMILES string of the molecule is CCNCC(C)(C)CN(CC)c1cccc2ccccc12. The number of fused-ring (bicyclic) bond motifs is 1. The van der Waals surface area contributed by atoms with E-state index in [0.717, 1.165) is 26.2 Å². The van der Waals surface area contributed by atoms with Gasteiger partial charge in [0.05, 0.1) is 0 Å². The van der Waals surface area contributed by atoms with Crippen molar-refractivity contribution in [3.63, 3.8) is 0 Å². The van der Waals surface area contributed by atoms with Crippen LogP contribution in [0.4, 0.5) is 5.69 Å². The smallest absolute Gasteiger partial charge is 0.0445 e. The third-order valence-corrected chi connectivity index (χ3v) is 3.96. The zero-order chi connectivity index (χ0) is 15.3. The minimum atomic E-state index is 0.253. The second-order valence-electron chi connectivity index (χ2n) is 6.46. The van der Waals surface area contributed by atoms with Gasteiger partial charge in [-0.25, -0.2) is 0 Å². The fourth-order valence-corrected chi connectivity index (χ4v) is 2.89. The Morgan fingerprint density at radius 1 is 1.00 bits per heavy atom. The molecule has 0 saturated heterocycles. The lowest BCUT2D eigenvalue weighted by atomic mass is 9.92. The van der Waals surface area contributed by atoms with E-state index in [1.54, 1.807) is 0 Å². The van der Waals surface area contributed by atoms with Gasteiger partial charge in [-0.2, -0.15) is 0 Å². The number of nitrogens with zero attached hydrogens (tertiary/aromatic N) is 1. The Hall–Kier alpha value is -1.54. The van der Waals surface area contributed by atoms with Crippen molar-refractivity contribution in [1.29, 1.82) is 0 Å².